The number of H-pyrrole nitrogens is 1. The highest BCUT2D eigenvalue weighted by Crippen LogP contribution is 2.29. The van der Waals surface area contributed by atoms with Gasteiger partial charge in [-0.15, -0.1) is 0 Å². The van der Waals surface area contributed by atoms with Crippen molar-refractivity contribution >= 4 is 23.0 Å². The highest BCUT2D eigenvalue weighted by Gasteiger charge is 2.40. The number of aromatic nitrogens is 4. The molecule has 3 heterocycles. The Hall–Kier alpha value is -2.34. The number of imidazole rings is 1. The quantitative estimate of drug-likeness (QED) is 0.458. The molecule has 11 heteroatoms. The second kappa shape index (κ2) is 8.99. The van der Waals surface area contributed by atoms with Crippen molar-refractivity contribution in [1.82, 2.24) is 19.5 Å². The summed E-state index contributed by atoms with van der Waals surface area (Å²) in [6.45, 7) is 3.55. The normalized spacial score (nSPS) is 25.3. The summed E-state index contributed by atoms with van der Waals surface area (Å²) in [5, 5.41) is 22.2. The first kappa shape index (κ1) is 20.0. The molecule has 160 valence electrons. The van der Waals surface area contributed by atoms with E-state index in [1.807, 2.05) is 0 Å². The van der Waals surface area contributed by atoms with E-state index in [0.29, 0.717) is 6.42 Å². The van der Waals surface area contributed by atoms with Crippen molar-refractivity contribution in [3.05, 3.63) is 16.7 Å². The van der Waals surface area contributed by atoms with E-state index < -0.39 is 29.9 Å². The molecule has 11 nitrogen and oxygen atoms in total. The predicted molar refractivity (Wildman–Crippen MR) is 104 cm³/mol. The molecule has 1 aliphatic rings. The first-order chi connectivity index (χ1) is 14.4. The summed E-state index contributed by atoms with van der Waals surface area (Å²) < 4.78 is 20.6. The van der Waals surface area contributed by atoms with Crippen LogP contribution in [0.2, 0.25) is 0 Å². The number of aromatic amines is 1. The van der Waals surface area contributed by atoms with Crippen molar-refractivity contribution in [3.8, 4) is 0 Å². The van der Waals surface area contributed by atoms with Gasteiger partial charge in [-0.05, 0) is 13.3 Å². The fourth-order valence-electron chi connectivity index (χ4n) is 3.08. The maximum Gasteiger partial charge on any atom is 0.280 e. The summed E-state index contributed by atoms with van der Waals surface area (Å²) in [4.78, 5) is 35.3. The third-order valence-electron chi connectivity index (χ3n) is 4.75. The maximum absolute atomic E-state index is 12.4. The van der Waals surface area contributed by atoms with Gasteiger partial charge >= 0.3 is 0 Å². The average molecular weight is 410 g/mol. The van der Waals surface area contributed by atoms with Crippen LogP contribution in [0, 0.1) is 5.92 Å². The van der Waals surface area contributed by atoms with Gasteiger partial charge in [0.25, 0.3) is 5.56 Å². The average Bonchev–Trinajstić information content (AvgIpc) is 3.13. The van der Waals surface area contributed by atoms with Crippen LogP contribution in [0.15, 0.2) is 11.1 Å². The second-order valence-corrected chi connectivity index (χ2v) is 7.22. The molecule has 4 atom stereocenters. The summed E-state index contributed by atoms with van der Waals surface area (Å²) in [5.74, 6) is -0.612. The minimum Gasteiger partial charge on any atom is -0.396 e. The molecule has 0 radical (unpaired) electrons. The van der Waals surface area contributed by atoms with Gasteiger partial charge in [0.05, 0.1) is 25.1 Å². The molecule has 4 N–H and O–H groups in total. The van der Waals surface area contributed by atoms with Crippen LogP contribution in [0.3, 0.4) is 0 Å². The van der Waals surface area contributed by atoms with Crippen LogP contribution in [0.1, 0.15) is 34.6 Å². The van der Waals surface area contributed by atoms with E-state index in [-0.39, 0.29) is 55.7 Å². The molecule has 0 aliphatic carbocycles. The van der Waals surface area contributed by atoms with Gasteiger partial charge in [-0.25, -0.2) is 4.98 Å². The standard InChI is InChI=1S/C18H27N5O6/c1-9(2)16(26)21-18-20-15-12(17(27)22-18)19-8-23(15)11-7-29-10(3)13(25)14(11)28-6-4-5-24/h8-11,13-14,24-25H,4-7H2,1-3H3,(H2,20,21,22,26,27)/t10-,11-,13-,14+/m1/s1/i3D. The number of carbonyl (C=O) groups excluding carboxylic acids is 1. The monoisotopic (exact) mass is 410 g/mol. The van der Waals surface area contributed by atoms with Crippen molar-refractivity contribution in [2.75, 3.05) is 25.1 Å². The van der Waals surface area contributed by atoms with Crippen molar-refractivity contribution in [2.24, 2.45) is 5.92 Å². The van der Waals surface area contributed by atoms with E-state index in [0.717, 1.165) is 0 Å². The lowest BCUT2D eigenvalue weighted by molar-refractivity contribution is -0.172. The lowest BCUT2D eigenvalue weighted by atomic mass is 9.98. The molecule has 1 fully saturated rings. The van der Waals surface area contributed by atoms with Crippen molar-refractivity contribution in [1.29, 1.82) is 0 Å². The molecule has 0 bridgehead atoms. The van der Waals surface area contributed by atoms with E-state index in [1.165, 1.54) is 6.33 Å². The van der Waals surface area contributed by atoms with Crippen molar-refractivity contribution < 1.29 is 25.9 Å². The Morgan fingerprint density at radius 2 is 2.38 bits per heavy atom. The van der Waals surface area contributed by atoms with Gasteiger partial charge in [-0.1, -0.05) is 13.8 Å². The molecule has 0 saturated carbocycles. The summed E-state index contributed by atoms with van der Waals surface area (Å²) in [6, 6.07) is -0.575. The molecule has 3 rings (SSSR count). The first-order valence-electron chi connectivity index (χ1n) is 10.2. The molecule has 1 aliphatic heterocycles. The number of fused-ring (bicyclic) bond motifs is 1. The van der Waals surface area contributed by atoms with Crippen LogP contribution in [-0.4, -0.2) is 73.8 Å². The number of carbonyl (C=O) groups is 1. The third-order valence-corrected chi connectivity index (χ3v) is 4.75. The fraction of sp³-hybridized carbons (Fsp3) is 0.667. The van der Waals surface area contributed by atoms with Crippen LogP contribution in [-0.2, 0) is 14.3 Å². The van der Waals surface area contributed by atoms with Gasteiger partial charge in [0, 0.05) is 20.5 Å². The molecule has 0 unspecified atom stereocenters. The van der Waals surface area contributed by atoms with Gasteiger partial charge in [0.1, 0.15) is 12.2 Å². The molecule has 2 aromatic rings. The summed E-state index contributed by atoms with van der Waals surface area (Å²) in [7, 11) is 0. The predicted octanol–water partition coefficient (Wildman–Crippen LogP) is -0.198. The van der Waals surface area contributed by atoms with E-state index >= 15 is 0 Å². The number of hydrogen-bond acceptors (Lipinski definition) is 8. The van der Waals surface area contributed by atoms with E-state index in [9.17, 15) is 14.7 Å². The third kappa shape index (κ3) is 4.47. The number of nitrogens with one attached hydrogen (secondary N) is 2. The Balaban J connectivity index is 1.97. The Morgan fingerprint density at radius 3 is 3.07 bits per heavy atom. The Labute approximate surface area is 168 Å². The van der Waals surface area contributed by atoms with E-state index in [1.54, 1.807) is 18.4 Å². The highest BCUT2D eigenvalue weighted by molar-refractivity contribution is 5.91. The number of amides is 1. The smallest absolute Gasteiger partial charge is 0.280 e. The molecule has 2 aromatic heterocycles. The number of ether oxygens (including phenoxy) is 2. The SMILES string of the molecule is [2H]C[C@H]1OC[C@@H](n2cnc3c(=O)[nH]c(NC(=O)C(C)C)nc32)[C@H](OCCCO)[C@@H]1O. The fourth-order valence-corrected chi connectivity index (χ4v) is 3.08. The largest absolute Gasteiger partial charge is 0.396 e. The lowest BCUT2D eigenvalue weighted by Crippen LogP contribution is -2.51. The Bertz CT molecular complexity index is 931. The van der Waals surface area contributed by atoms with Gasteiger partial charge < -0.3 is 24.3 Å². The van der Waals surface area contributed by atoms with Crippen LogP contribution in [0.5, 0.6) is 0 Å². The lowest BCUT2D eigenvalue weighted by Gasteiger charge is -2.39. The number of nitrogens with zero attached hydrogens (tertiary/aromatic N) is 3. The summed E-state index contributed by atoms with van der Waals surface area (Å²) in [6.07, 6.45) is -0.763. The first-order valence-corrected chi connectivity index (χ1v) is 9.46. The highest BCUT2D eigenvalue weighted by atomic mass is 16.5. The van der Waals surface area contributed by atoms with Gasteiger partial charge in [0.2, 0.25) is 11.9 Å². The number of aliphatic hydroxyl groups excluding tert-OH is 2. The van der Waals surface area contributed by atoms with Crippen LogP contribution < -0.4 is 10.9 Å². The Kier molecular flexibility index (Phi) is 6.19. The minimum atomic E-state index is -1.08. The van der Waals surface area contributed by atoms with Gasteiger partial charge in [0.15, 0.2) is 11.2 Å². The maximum atomic E-state index is 12.4. The van der Waals surface area contributed by atoms with Crippen LogP contribution in [0.25, 0.3) is 11.2 Å². The zero-order valence-electron chi connectivity index (χ0n) is 17.4. The molecule has 0 spiro atoms. The summed E-state index contributed by atoms with van der Waals surface area (Å²) >= 11 is 0. The molecular formula is C18H27N5O6. The van der Waals surface area contributed by atoms with Gasteiger partial charge in [-0.3, -0.25) is 19.9 Å². The molecule has 29 heavy (non-hydrogen) atoms. The molecular weight excluding hydrogens is 382 g/mol. The number of anilines is 1. The number of rotatable bonds is 7. The zero-order valence-corrected chi connectivity index (χ0v) is 16.4. The van der Waals surface area contributed by atoms with E-state index in [4.69, 9.17) is 16.0 Å². The summed E-state index contributed by atoms with van der Waals surface area (Å²) in [5.41, 5.74) is -0.237. The van der Waals surface area contributed by atoms with Gasteiger partial charge in [-0.2, -0.15) is 4.98 Å². The topological polar surface area (TPSA) is 152 Å². The molecule has 0 aromatic carbocycles. The Morgan fingerprint density at radius 1 is 1.59 bits per heavy atom. The molecule has 1 amide bonds. The van der Waals surface area contributed by atoms with Crippen molar-refractivity contribution in [2.45, 2.75) is 51.5 Å². The zero-order chi connectivity index (χ0) is 21.8. The number of hydrogen-bond donors (Lipinski definition) is 4. The molecule has 1 saturated heterocycles. The van der Waals surface area contributed by atoms with Crippen LogP contribution >= 0.6 is 0 Å². The minimum absolute atomic E-state index is 0.00740. The number of aliphatic hydroxyl groups is 2. The van der Waals surface area contributed by atoms with E-state index in [2.05, 4.69) is 20.3 Å². The second-order valence-electron chi connectivity index (χ2n) is 7.22. The van der Waals surface area contributed by atoms with Crippen molar-refractivity contribution in [3.63, 3.8) is 0 Å². The van der Waals surface area contributed by atoms with Crippen LogP contribution in [0.4, 0.5) is 5.95 Å².